The van der Waals surface area contributed by atoms with E-state index in [9.17, 15) is 5.11 Å². The molecule has 0 fully saturated rings. The van der Waals surface area contributed by atoms with Gasteiger partial charge < -0.3 is 5.11 Å². The molecule has 0 rings (SSSR count). The van der Waals surface area contributed by atoms with Crippen molar-refractivity contribution in [3.05, 3.63) is 0 Å². The van der Waals surface area contributed by atoms with Gasteiger partial charge >= 0.3 is 0 Å². The molecule has 0 aromatic heterocycles. The first-order chi connectivity index (χ1) is 4.77. The Balaban J connectivity index is 4.13. The van der Waals surface area contributed by atoms with Crippen LogP contribution in [0.4, 0.5) is 0 Å². The Labute approximate surface area is 69.3 Å². The lowest BCUT2D eigenvalue weighted by Gasteiger charge is -2.18. The molecular weight excluding hydrogens is 138 g/mol. The van der Waals surface area contributed by atoms with Crippen molar-refractivity contribution in [3.8, 4) is 0 Å². The Bertz CT molecular complexity index is 142. The highest BCUT2D eigenvalue weighted by Crippen LogP contribution is 2.10. The van der Waals surface area contributed by atoms with Crippen LogP contribution in [0.5, 0.6) is 0 Å². The molecule has 2 nitrogen and oxygen atoms in total. The van der Waals surface area contributed by atoms with Crippen LogP contribution in [0.15, 0.2) is 4.99 Å². The molecule has 0 saturated heterocycles. The first-order valence-electron chi connectivity index (χ1n) is 4.05. The molecular formula is C9H19NO. The van der Waals surface area contributed by atoms with Crippen molar-refractivity contribution in [2.24, 2.45) is 4.99 Å². The van der Waals surface area contributed by atoms with E-state index >= 15 is 0 Å². The number of aliphatic imine (C=N–C) groups is 1. The van der Waals surface area contributed by atoms with E-state index in [4.69, 9.17) is 0 Å². The van der Waals surface area contributed by atoms with Crippen molar-refractivity contribution < 1.29 is 5.11 Å². The Morgan fingerprint density at radius 3 is 2.00 bits per heavy atom. The molecule has 2 heteroatoms. The van der Waals surface area contributed by atoms with Crippen molar-refractivity contribution >= 4 is 6.21 Å². The minimum absolute atomic E-state index is 0.0842. The maximum Gasteiger partial charge on any atom is 0.0962 e. The van der Waals surface area contributed by atoms with Crippen LogP contribution in [0.2, 0.25) is 0 Å². The highest BCUT2D eigenvalue weighted by Gasteiger charge is 2.15. The standard InChI is InChI=1S/C9H19NO/c1-6-9(5,11)7-10-8(2,3)4/h7,11H,6H2,1-5H3. The van der Waals surface area contributed by atoms with E-state index in [1.165, 1.54) is 0 Å². The quantitative estimate of drug-likeness (QED) is 0.611. The fourth-order valence-electron chi connectivity index (χ4n) is 0.424. The lowest BCUT2D eigenvalue weighted by atomic mass is 10.0. The summed E-state index contributed by atoms with van der Waals surface area (Å²) in [5, 5.41) is 9.54. The minimum Gasteiger partial charge on any atom is -0.385 e. The molecule has 0 aliphatic carbocycles. The highest BCUT2D eigenvalue weighted by molar-refractivity contribution is 5.67. The summed E-state index contributed by atoms with van der Waals surface area (Å²) in [5.74, 6) is 0. The van der Waals surface area contributed by atoms with E-state index in [1.54, 1.807) is 13.1 Å². The van der Waals surface area contributed by atoms with Crippen LogP contribution in [0.3, 0.4) is 0 Å². The van der Waals surface area contributed by atoms with Gasteiger partial charge in [0.05, 0.1) is 11.1 Å². The lowest BCUT2D eigenvalue weighted by Crippen LogP contribution is -2.26. The first kappa shape index (κ1) is 10.6. The van der Waals surface area contributed by atoms with Gasteiger partial charge in [0.25, 0.3) is 0 Å². The Morgan fingerprint density at radius 2 is 1.73 bits per heavy atom. The van der Waals surface area contributed by atoms with Crippen LogP contribution in [-0.4, -0.2) is 22.5 Å². The molecule has 0 spiro atoms. The zero-order valence-electron chi connectivity index (χ0n) is 8.18. The predicted molar refractivity (Wildman–Crippen MR) is 49.2 cm³/mol. The maximum absolute atomic E-state index is 9.54. The van der Waals surface area contributed by atoms with E-state index in [2.05, 4.69) is 4.99 Å². The molecule has 0 aliphatic heterocycles. The second kappa shape index (κ2) is 3.35. The first-order valence-corrected chi connectivity index (χ1v) is 4.05. The average molecular weight is 157 g/mol. The Hall–Kier alpha value is -0.370. The molecule has 0 radical (unpaired) electrons. The topological polar surface area (TPSA) is 32.6 Å². The van der Waals surface area contributed by atoms with Gasteiger partial charge in [0.15, 0.2) is 0 Å². The monoisotopic (exact) mass is 157 g/mol. The van der Waals surface area contributed by atoms with Gasteiger partial charge in [0.2, 0.25) is 0 Å². The minimum atomic E-state index is -0.743. The van der Waals surface area contributed by atoms with Gasteiger partial charge in [0.1, 0.15) is 0 Å². The number of hydrogen-bond donors (Lipinski definition) is 1. The molecule has 1 atom stereocenters. The number of hydrogen-bond acceptors (Lipinski definition) is 2. The van der Waals surface area contributed by atoms with Gasteiger partial charge in [-0.2, -0.15) is 0 Å². The largest absolute Gasteiger partial charge is 0.385 e. The molecule has 1 unspecified atom stereocenters. The van der Waals surface area contributed by atoms with E-state index < -0.39 is 5.60 Å². The van der Waals surface area contributed by atoms with Crippen LogP contribution in [-0.2, 0) is 0 Å². The Morgan fingerprint density at radius 1 is 1.27 bits per heavy atom. The van der Waals surface area contributed by atoms with E-state index in [0.717, 1.165) is 0 Å². The molecule has 66 valence electrons. The normalized spacial score (nSPS) is 18.7. The van der Waals surface area contributed by atoms with Gasteiger partial charge in [-0.05, 0) is 34.1 Å². The summed E-state index contributed by atoms with van der Waals surface area (Å²) in [6.07, 6.45) is 2.33. The predicted octanol–water partition coefficient (Wildman–Crippen LogP) is 2.02. The summed E-state index contributed by atoms with van der Waals surface area (Å²) >= 11 is 0. The van der Waals surface area contributed by atoms with Crippen molar-refractivity contribution in [2.75, 3.05) is 0 Å². The van der Waals surface area contributed by atoms with Crippen molar-refractivity contribution in [3.63, 3.8) is 0 Å². The zero-order valence-corrected chi connectivity index (χ0v) is 8.18. The van der Waals surface area contributed by atoms with Crippen LogP contribution in [0, 0.1) is 0 Å². The molecule has 0 aliphatic rings. The van der Waals surface area contributed by atoms with Gasteiger partial charge in [-0.3, -0.25) is 4.99 Å². The van der Waals surface area contributed by atoms with E-state index in [-0.39, 0.29) is 5.54 Å². The maximum atomic E-state index is 9.54. The lowest BCUT2D eigenvalue weighted by molar-refractivity contribution is 0.133. The summed E-state index contributed by atoms with van der Waals surface area (Å²) in [6, 6.07) is 0. The molecule has 11 heavy (non-hydrogen) atoms. The number of aliphatic hydroxyl groups is 1. The summed E-state index contributed by atoms with van der Waals surface area (Å²) in [6.45, 7) is 9.73. The summed E-state index contributed by atoms with van der Waals surface area (Å²) in [5.41, 5.74) is -0.827. The Kier molecular flexibility index (Phi) is 3.24. The van der Waals surface area contributed by atoms with Crippen molar-refractivity contribution in [1.29, 1.82) is 0 Å². The summed E-state index contributed by atoms with van der Waals surface area (Å²) in [7, 11) is 0. The second-order valence-corrected chi connectivity index (χ2v) is 4.14. The fourth-order valence-corrected chi connectivity index (χ4v) is 0.424. The number of rotatable bonds is 2. The fraction of sp³-hybridized carbons (Fsp3) is 0.889. The van der Waals surface area contributed by atoms with Crippen molar-refractivity contribution in [1.82, 2.24) is 0 Å². The molecule has 0 saturated carbocycles. The van der Waals surface area contributed by atoms with E-state index in [1.807, 2.05) is 27.7 Å². The van der Waals surface area contributed by atoms with Crippen LogP contribution in [0.25, 0.3) is 0 Å². The summed E-state index contributed by atoms with van der Waals surface area (Å²) < 4.78 is 0. The third-order valence-electron chi connectivity index (χ3n) is 1.45. The molecule has 0 aromatic carbocycles. The van der Waals surface area contributed by atoms with Gasteiger partial charge in [-0.25, -0.2) is 0 Å². The van der Waals surface area contributed by atoms with Gasteiger partial charge in [0, 0.05) is 6.21 Å². The van der Waals surface area contributed by atoms with Gasteiger partial charge in [-0.1, -0.05) is 6.92 Å². The molecule has 0 aromatic rings. The molecule has 0 heterocycles. The molecule has 0 bridgehead atoms. The third kappa shape index (κ3) is 6.05. The summed E-state index contributed by atoms with van der Waals surface area (Å²) in [4.78, 5) is 4.22. The smallest absolute Gasteiger partial charge is 0.0962 e. The third-order valence-corrected chi connectivity index (χ3v) is 1.45. The second-order valence-electron chi connectivity index (χ2n) is 4.14. The van der Waals surface area contributed by atoms with Crippen molar-refractivity contribution in [2.45, 2.75) is 52.2 Å². The van der Waals surface area contributed by atoms with Crippen LogP contribution >= 0.6 is 0 Å². The number of nitrogens with zero attached hydrogens (tertiary/aromatic N) is 1. The molecule has 0 amide bonds. The zero-order chi connectivity index (χ0) is 9.12. The van der Waals surface area contributed by atoms with Crippen LogP contribution in [0.1, 0.15) is 41.0 Å². The average Bonchev–Trinajstić information content (AvgIpc) is 1.83. The SMILES string of the molecule is CCC(C)(O)C=NC(C)(C)C. The van der Waals surface area contributed by atoms with E-state index in [0.29, 0.717) is 6.42 Å². The highest BCUT2D eigenvalue weighted by atomic mass is 16.3. The molecule has 1 N–H and O–H groups in total. The van der Waals surface area contributed by atoms with Crippen LogP contribution < -0.4 is 0 Å². The van der Waals surface area contributed by atoms with Gasteiger partial charge in [-0.15, -0.1) is 0 Å².